The van der Waals surface area contributed by atoms with Crippen LogP contribution in [-0.2, 0) is 16.6 Å². The molecule has 1 aliphatic heterocycles. The molecule has 20 heavy (non-hydrogen) atoms. The fourth-order valence-electron chi connectivity index (χ4n) is 2.40. The summed E-state index contributed by atoms with van der Waals surface area (Å²) in [7, 11) is -3.26. The van der Waals surface area contributed by atoms with Gasteiger partial charge in [0.1, 0.15) is 5.75 Å². The molecule has 1 fully saturated rings. The summed E-state index contributed by atoms with van der Waals surface area (Å²) in [6, 6.07) is 6.93. The van der Waals surface area contributed by atoms with Gasteiger partial charge in [-0.1, -0.05) is 18.6 Å². The highest BCUT2D eigenvalue weighted by Crippen LogP contribution is 2.12. The van der Waals surface area contributed by atoms with E-state index in [0.717, 1.165) is 18.5 Å². The standard InChI is InChI=1S/C14H22N2O3S/c17-14-6-3-4-12(10-14)11-16-20(18,19)9-7-13-5-1-2-8-15-13/h3-4,6,10,13,15-17H,1-2,5,7-9,11H2. The van der Waals surface area contributed by atoms with Crippen LogP contribution in [0.2, 0.25) is 0 Å². The second-order valence-corrected chi connectivity index (χ2v) is 7.17. The minimum absolute atomic E-state index is 0.142. The quantitative estimate of drug-likeness (QED) is 0.740. The number of aromatic hydroxyl groups is 1. The van der Waals surface area contributed by atoms with Crippen LogP contribution in [0.5, 0.6) is 5.75 Å². The van der Waals surface area contributed by atoms with Crippen molar-refractivity contribution in [1.82, 2.24) is 10.0 Å². The third-order valence-electron chi connectivity index (χ3n) is 3.55. The molecule has 1 aromatic rings. The van der Waals surface area contributed by atoms with E-state index in [-0.39, 0.29) is 18.0 Å². The van der Waals surface area contributed by atoms with Gasteiger partial charge in [-0.25, -0.2) is 13.1 Å². The number of hydrogen-bond donors (Lipinski definition) is 3. The molecule has 1 aliphatic rings. The van der Waals surface area contributed by atoms with Crippen LogP contribution < -0.4 is 10.0 Å². The number of phenolic OH excluding ortho intramolecular Hbond substituents is 1. The monoisotopic (exact) mass is 298 g/mol. The molecule has 1 atom stereocenters. The predicted octanol–water partition coefficient (Wildman–Crippen LogP) is 1.34. The van der Waals surface area contributed by atoms with Crippen molar-refractivity contribution < 1.29 is 13.5 Å². The fourth-order valence-corrected chi connectivity index (χ4v) is 3.53. The van der Waals surface area contributed by atoms with Gasteiger partial charge in [-0.15, -0.1) is 0 Å². The topological polar surface area (TPSA) is 78.4 Å². The lowest BCUT2D eigenvalue weighted by molar-refractivity contribution is 0.392. The van der Waals surface area contributed by atoms with Crippen LogP contribution in [0.25, 0.3) is 0 Å². The molecule has 6 heteroatoms. The van der Waals surface area contributed by atoms with E-state index >= 15 is 0 Å². The Morgan fingerprint density at radius 3 is 2.90 bits per heavy atom. The molecule has 0 saturated carbocycles. The zero-order valence-electron chi connectivity index (χ0n) is 11.5. The van der Waals surface area contributed by atoms with Crippen molar-refractivity contribution in [3.8, 4) is 5.75 Å². The Balaban J connectivity index is 1.78. The molecular weight excluding hydrogens is 276 g/mol. The van der Waals surface area contributed by atoms with Crippen LogP contribution in [0.3, 0.4) is 0 Å². The SMILES string of the molecule is O=S(=O)(CCC1CCCCN1)NCc1cccc(O)c1. The molecule has 0 radical (unpaired) electrons. The minimum Gasteiger partial charge on any atom is -0.508 e. The van der Waals surface area contributed by atoms with Crippen LogP contribution in [0.15, 0.2) is 24.3 Å². The van der Waals surface area contributed by atoms with Gasteiger partial charge in [0.2, 0.25) is 10.0 Å². The average molecular weight is 298 g/mol. The molecule has 0 amide bonds. The van der Waals surface area contributed by atoms with Crippen molar-refractivity contribution in [2.24, 2.45) is 0 Å². The van der Waals surface area contributed by atoms with E-state index in [9.17, 15) is 13.5 Å². The lowest BCUT2D eigenvalue weighted by Crippen LogP contribution is -2.37. The van der Waals surface area contributed by atoms with Crippen molar-refractivity contribution >= 4 is 10.0 Å². The number of piperidine rings is 1. The van der Waals surface area contributed by atoms with Gasteiger partial charge in [-0.3, -0.25) is 0 Å². The van der Waals surface area contributed by atoms with Crippen LogP contribution in [0, 0.1) is 0 Å². The van der Waals surface area contributed by atoms with E-state index in [1.165, 1.54) is 12.8 Å². The number of nitrogens with one attached hydrogen (secondary N) is 2. The highest BCUT2D eigenvalue weighted by molar-refractivity contribution is 7.89. The summed E-state index contributed by atoms with van der Waals surface area (Å²) in [5.41, 5.74) is 0.754. The maximum absolute atomic E-state index is 11.9. The van der Waals surface area contributed by atoms with E-state index in [1.54, 1.807) is 24.3 Å². The zero-order chi connectivity index (χ0) is 14.4. The Labute approximate surface area is 120 Å². The number of benzene rings is 1. The molecule has 1 heterocycles. The van der Waals surface area contributed by atoms with Gasteiger partial charge >= 0.3 is 0 Å². The maximum Gasteiger partial charge on any atom is 0.211 e. The summed E-state index contributed by atoms with van der Waals surface area (Å²) in [5.74, 6) is 0.289. The number of hydrogen-bond acceptors (Lipinski definition) is 4. The first-order valence-corrected chi connectivity index (χ1v) is 8.69. The molecule has 1 aromatic carbocycles. The summed E-state index contributed by atoms with van der Waals surface area (Å²) in [6.07, 6.45) is 4.06. The third kappa shape index (κ3) is 5.11. The van der Waals surface area contributed by atoms with Crippen molar-refractivity contribution in [3.63, 3.8) is 0 Å². The first kappa shape index (κ1) is 15.3. The Morgan fingerprint density at radius 1 is 1.35 bits per heavy atom. The van der Waals surface area contributed by atoms with Gasteiger partial charge in [0.05, 0.1) is 5.75 Å². The van der Waals surface area contributed by atoms with Crippen LogP contribution >= 0.6 is 0 Å². The van der Waals surface area contributed by atoms with Crippen LogP contribution in [0.4, 0.5) is 0 Å². The average Bonchev–Trinajstić information content (AvgIpc) is 2.45. The number of phenols is 1. The molecule has 1 unspecified atom stereocenters. The number of sulfonamides is 1. The first-order valence-electron chi connectivity index (χ1n) is 7.04. The lowest BCUT2D eigenvalue weighted by Gasteiger charge is -2.23. The second-order valence-electron chi connectivity index (χ2n) is 5.25. The van der Waals surface area contributed by atoms with Gasteiger partial charge in [0, 0.05) is 12.6 Å². The smallest absolute Gasteiger partial charge is 0.211 e. The van der Waals surface area contributed by atoms with E-state index in [0.29, 0.717) is 12.5 Å². The molecule has 0 bridgehead atoms. The molecule has 3 N–H and O–H groups in total. The first-order chi connectivity index (χ1) is 9.55. The van der Waals surface area contributed by atoms with Gasteiger partial charge < -0.3 is 10.4 Å². The zero-order valence-corrected chi connectivity index (χ0v) is 12.3. The molecule has 1 saturated heterocycles. The van der Waals surface area contributed by atoms with Crippen molar-refractivity contribution in [2.75, 3.05) is 12.3 Å². The van der Waals surface area contributed by atoms with E-state index in [2.05, 4.69) is 10.0 Å². The lowest BCUT2D eigenvalue weighted by atomic mass is 10.0. The molecule has 0 aliphatic carbocycles. The highest BCUT2D eigenvalue weighted by Gasteiger charge is 2.17. The Morgan fingerprint density at radius 2 is 2.20 bits per heavy atom. The summed E-state index contributed by atoms with van der Waals surface area (Å²) in [4.78, 5) is 0. The van der Waals surface area contributed by atoms with E-state index < -0.39 is 10.0 Å². The molecule has 0 aromatic heterocycles. The summed E-state index contributed by atoms with van der Waals surface area (Å²) >= 11 is 0. The maximum atomic E-state index is 11.9. The van der Waals surface area contributed by atoms with Crippen molar-refractivity contribution in [3.05, 3.63) is 29.8 Å². The van der Waals surface area contributed by atoms with Crippen LogP contribution in [0.1, 0.15) is 31.2 Å². The van der Waals surface area contributed by atoms with Gasteiger partial charge in [0.25, 0.3) is 0 Å². The largest absolute Gasteiger partial charge is 0.508 e. The van der Waals surface area contributed by atoms with E-state index in [4.69, 9.17) is 0 Å². The van der Waals surface area contributed by atoms with Gasteiger partial charge in [-0.05, 0) is 43.5 Å². The Kier molecular flexibility index (Phi) is 5.39. The van der Waals surface area contributed by atoms with Gasteiger partial charge in [-0.2, -0.15) is 0 Å². The second kappa shape index (κ2) is 7.06. The molecule has 5 nitrogen and oxygen atoms in total. The van der Waals surface area contributed by atoms with Gasteiger partial charge in [0.15, 0.2) is 0 Å². The molecular formula is C14H22N2O3S. The predicted molar refractivity (Wildman–Crippen MR) is 79.0 cm³/mol. The fraction of sp³-hybridized carbons (Fsp3) is 0.571. The number of rotatable bonds is 6. The highest BCUT2D eigenvalue weighted by atomic mass is 32.2. The summed E-state index contributed by atoms with van der Waals surface area (Å²) < 4.78 is 26.4. The normalized spacial score (nSPS) is 19.9. The van der Waals surface area contributed by atoms with Crippen molar-refractivity contribution in [2.45, 2.75) is 38.3 Å². The Bertz CT molecular complexity index is 525. The van der Waals surface area contributed by atoms with Crippen molar-refractivity contribution in [1.29, 1.82) is 0 Å². The minimum atomic E-state index is -3.26. The molecule has 112 valence electrons. The summed E-state index contributed by atoms with van der Waals surface area (Å²) in [5, 5.41) is 12.7. The molecule has 0 spiro atoms. The Hall–Kier alpha value is -1.11. The van der Waals surface area contributed by atoms with Crippen LogP contribution in [-0.4, -0.2) is 31.9 Å². The van der Waals surface area contributed by atoms with E-state index in [1.807, 2.05) is 0 Å². The molecule has 2 rings (SSSR count). The third-order valence-corrected chi connectivity index (χ3v) is 4.91. The summed E-state index contributed by atoms with van der Waals surface area (Å²) in [6.45, 7) is 1.20.